The molecule has 0 saturated heterocycles. The summed E-state index contributed by atoms with van der Waals surface area (Å²) in [6, 6.07) is 0. The molecule has 0 aromatic heterocycles. The maximum atomic E-state index is 12.9. The number of ether oxygens (including phenoxy) is 1. The summed E-state index contributed by atoms with van der Waals surface area (Å²) in [4.78, 5) is 12.9. The highest BCUT2D eigenvalue weighted by atomic mass is 19.4. The van der Waals surface area contributed by atoms with Crippen molar-refractivity contribution in [2.24, 2.45) is 17.3 Å². The van der Waals surface area contributed by atoms with Crippen LogP contribution in [0.5, 0.6) is 0 Å². The van der Waals surface area contributed by atoms with Crippen molar-refractivity contribution in [2.45, 2.75) is 98.8 Å². The second kappa shape index (κ2) is 9.10. The number of esters is 1. The molecule has 0 rings (SSSR count). The van der Waals surface area contributed by atoms with Crippen molar-refractivity contribution >= 4 is 5.97 Å². The number of carbonyl (C=O) groups is 1. The molecule has 0 aromatic carbocycles. The van der Waals surface area contributed by atoms with E-state index in [9.17, 15) is 18.0 Å². The standard InChI is InChI=1S/C19H35F3O2/c1-8-18(9-2,11-10-12-19(20,21)22)24-16(23)17(7,15(5)6)13-14(3)4/h14-15H,8-13H2,1-7H3. The van der Waals surface area contributed by atoms with Gasteiger partial charge in [-0.2, -0.15) is 13.2 Å². The van der Waals surface area contributed by atoms with Gasteiger partial charge in [0.1, 0.15) is 5.60 Å². The van der Waals surface area contributed by atoms with Gasteiger partial charge in [-0.3, -0.25) is 4.79 Å². The fourth-order valence-corrected chi connectivity index (χ4v) is 3.13. The molecular weight excluding hydrogens is 317 g/mol. The summed E-state index contributed by atoms with van der Waals surface area (Å²) in [5, 5.41) is 0. The van der Waals surface area contributed by atoms with Crippen molar-refractivity contribution in [3.8, 4) is 0 Å². The second-order valence-electron chi connectivity index (χ2n) is 7.92. The van der Waals surface area contributed by atoms with Gasteiger partial charge in [0.05, 0.1) is 5.41 Å². The van der Waals surface area contributed by atoms with E-state index >= 15 is 0 Å². The predicted octanol–water partition coefficient (Wildman–Crippen LogP) is 6.53. The zero-order valence-electron chi connectivity index (χ0n) is 16.3. The number of hydrogen-bond donors (Lipinski definition) is 0. The Kier molecular flexibility index (Phi) is 8.81. The van der Waals surface area contributed by atoms with E-state index in [1.54, 1.807) is 0 Å². The Morgan fingerprint density at radius 1 is 1.00 bits per heavy atom. The number of hydrogen-bond acceptors (Lipinski definition) is 2. The van der Waals surface area contributed by atoms with E-state index in [1.165, 1.54) is 0 Å². The fourth-order valence-electron chi connectivity index (χ4n) is 3.13. The van der Waals surface area contributed by atoms with Gasteiger partial charge in [-0.25, -0.2) is 0 Å². The van der Waals surface area contributed by atoms with Crippen LogP contribution in [-0.4, -0.2) is 17.7 Å². The van der Waals surface area contributed by atoms with Crippen LogP contribution in [0.1, 0.15) is 87.0 Å². The van der Waals surface area contributed by atoms with Crippen LogP contribution in [-0.2, 0) is 9.53 Å². The van der Waals surface area contributed by atoms with Crippen LogP contribution < -0.4 is 0 Å². The number of alkyl halides is 3. The molecule has 5 heteroatoms. The Hall–Kier alpha value is -0.740. The van der Waals surface area contributed by atoms with Crippen LogP contribution >= 0.6 is 0 Å². The van der Waals surface area contributed by atoms with E-state index in [1.807, 2.05) is 34.6 Å². The average molecular weight is 352 g/mol. The van der Waals surface area contributed by atoms with E-state index in [0.29, 0.717) is 25.2 Å². The number of carbonyl (C=O) groups excluding carboxylic acids is 1. The van der Waals surface area contributed by atoms with Gasteiger partial charge in [-0.1, -0.05) is 41.5 Å². The van der Waals surface area contributed by atoms with Gasteiger partial charge in [-0.05, 0) is 50.9 Å². The molecule has 0 amide bonds. The van der Waals surface area contributed by atoms with Crippen LogP contribution in [0.3, 0.4) is 0 Å². The van der Waals surface area contributed by atoms with Crippen molar-refractivity contribution < 1.29 is 22.7 Å². The molecule has 0 bridgehead atoms. The Labute approximate surface area is 145 Å². The lowest BCUT2D eigenvalue weighted by Crippen LogP contribution is -2.43. The molecule has 24 heavy (non-hydrogen) atoms. The molecule has 0 aliphatic rings. The third kappa shape index (κ3) is 7.02. The molecular formula is C19H35F3O2. The largest absolute Gasteiger partial charge is 0.459 e. The van der Waals surface area contributed by atoms with Crippen molar-refractivity contribution in [1.82, 2.24) is 0 Å². The first kappa shape index (κ1) is 23.3. The Balaban J connectivity index is 5.16. The molecule has 1 unspecified atom stereocenters. The van der Waals surface area contributed by atoms with Gasteiger partial charge in [0, 0.05) is 6.42 Å². The topological polar surface area (TPSA) is 26.3 Å². The summed E-state index contributed by atoms with van der Waals surface area (Å²) in [5.74, 6) is 0.170. The van der Waals surface area contributed by atoms with Crippen molar-refractivity contribution in [1.29, 1.82) is 0 Å². The fraction of sp³-hybridized carbons (Fsp3) is 0.947. The SMILES string of the molecule is CCC(CC)(CCCC(F)(F)F)OC(=O)C(C)(CC(C)C)C(C)C. The second-order valence-corrected chi connectivity index (χ2v) is 7.92. The normalized spacial score (nSPS) is 15.7. The zero-order valence-corrected chi connectivity index (χ0v) is 16.3. The van der Waals surface area contributed by atoms with Crippen molar-refractivity contribution in [3.63, 3.8) is 0 Å². The molecule has 0 spiro atoms. The molecule has 0 fully saturated rings. The Morgan fingerprint density at radius 2 is 1.50 bits per heavy atom. The van der Waals surface area contributed by atoms with Crippen molar-refractivity contribution in [2.75, 3.05) is 0 Å². The van der Waals surface area contributed by atoms with E-state index < -0.39 is 23.6 Å². The zero-order chi connectivity index (χ0) is 19.2. The summed E-state index contributed by atoms with van der Waals surface area (Å²) in [7, 11) is 0. The van der Waals surface area contributed by atoms with Gasteiger partial charge >= 0.3 is 12.1 Å². The first-order valence-corrected chi connectivity index (χ1v) is 9.12. The summed E-state index contributed by atoms with van der Waals surface area (Å²) < 4.78 is 43.2. The lowest BCUT2D eigenvalue weighted by Gasteiger charge is -2.39. The predicted molar refractivity (Wildman–Crippen MR) is 91.7 cm³/mol. The smallest absolute Gasteiger partial charge is 0.389 e. The van der Waals surface area contributed by atoms with Gasteiger partial charge in [0.25, 0.3) is 0 Å². The molecule has 0 N–H and O–H groups in total. The summed E-state index contributed by atoms with van der Waals surface area (Å²) in [5.41, 5.74) is -1.41. The highest BCUT2D eigenvalue weighted by Crippen LogP contribution is 2.39. The lowest BCUT2D eigenvalue weighted by molar-refractivity contribution is -0.179. The Morgan fingerprint density at radius 3 is 1.83 bits per heavy atom. The Bertz CT molecular complexity index is 385. The summed E-state index contributed by atoms with van der Waals surface area (Å²) >= 11 is 0. The number of rotatable bonds is 10. The lowest BCUT2D eigenvalue weighted by atomic mass is 9.73. The molecule has 0 heterocycles. The third-order valence-corrected chi connectivity index (χ3v) is 5.26. The quantitative estimate of drug-likeness (QED) is 0.418. The minimum atomic E-state index is -4.17. The minimum Gasteiger partial charge on any atom is -0.459 e. The highest BCUT2D eigenvalue weighted by molar-refractivity contribution is 5.77. The van der Waals surface area contributed by atoms with E-state index in [-0.39, 0.29) is 24.7 Å². The van der Waals surface area contributed by atoms with Crippen molar-refractivity contribution in [3.05, 3.63) is 0 Å². The van der Waals surface area contributed by atoms with Crippen LogP contribution in [0.15, 0.2) is 0 Å². The van der Waals surface area contributed by atoms with Crippen LogP contribution in [0.4, 0.5) is 13.2 Å². The van der Waals surface area contributed by atoms with E-state index in [0.717, 1.165) is 0 Å². The first-order valence-electron chi connectivity index (χ1n) is 9.12. The molecule has 2 nitrogen and oxygen atoms in total. The first-order chi connectivity index (χ1) is 10.8. The van der Waals surface area contributed by atoms with Gasteiger partial charge in [0.15, 0.2) is 0 Å². The van der Waals surface area contributed by atoms with Gasteiger partial charge < -0.3 is 4.74 Å². The average Bonchev–Trinajstić information content (AvgIpc) is 2.43. The highest BCUT2D eigenvalue weighted by Gasteiger charge is 2.43. The summed E-state index contributed by atoms with van der Waals surface area (Å²) in [6.07, 6.45) is -3.00. The maximum Gasteiger partial charge on any atom is 0.389 e. The molecule has 1 atom stereocenters. The third-order valence-electron chi connectivity index (χ3n) is 5.26. The molecule has 0 aliphatic carbocycles. The van der Waals surface area contributed by atoms with E-state index in [2.05, 4.69) is 13.8 Å². The van der Waals surface area contributed by atoms with E-state index in [4.69, 9.17) is 4.74 Å². The maximum absolute atomic E-state index is 12.9. The summed E-state index contributed by atoms with van der Waals surface area (Å²) in [6.45, 7) is 13.8. The van der Waals surface area contributed by atoms with Crippen LogP contribution in [0.2, 0.25) is 0 Å². The van der Waals surface area contributed by atoms with Gasteiger partial charge in [-0.15, -0.1) is 0 Å². The van der Waals surface area contributed by atoms with Crippen LogP contribution in [0.25, 0.3) is 0 Å². The minimum absolute atomic E-state index is 0.0129. The van der Waals surface area contributed by atoms with Gasteiger partial charge in [0.2, 0.25) is 0 Å². The molecule has 0 saturated carbocycles. The molecule has 0 aromatic rings. The number of halogens is 3. The monoisotopic (exact) mass is 352 g/mol. The molecule has 144 valence electrons. The van der Waals surface area contributed by atoms with Crippen LogP contribution in [0, 0.1) is 17.3 Å². The molecule has 0 aliphatic heterocycles. The molecule has 0 radical (unpaired) electrons.